The highest BCUT2D eigenvalue weighted by Gasteiger charge is 2.29. The highest BCUT2D eigenvalue weighted by Crippen LogP contribution is 2.52. The summed E-state index contributed by atoms with van der Waals surface area (Å²) in [6.07, 6.45) is 14.1. The van der Waals surface area contributed by atoms with Crippen molar-refractivity contribution in [1.29, 1.82) is 0 Å². The van der Waals surface area contributed by atoms with Gasteiger partial charge in [-0.1, -0.05) is 146 Å². The van der Waals surface area contributed by atoms with Gasteiger partial charge in [0.2, 0.25) is 0 Å². The number of pyridine rings is 1. The van der Waals surface area contributed by atoms with Crippen LogP contribution in [0.5, 0.6) is 0 Å². The predicted molar refractivity (Wildman–Crippen MR) is 262 cm³/mol. The van der Waals surface area contributed by atoms with Crippen LogP contribution in [-0.4, -0.2) is 9.55 Å². The molecule has 0 saturated carbocycles. The average Bonchev–Trinajstić information content (AvgIpc) is 3.54. The molecule has 2 unspecified atom stereocenters. The molecule has 3 heterocycles. The Morgan fingerprint density at radius 3 is 2.35 bits per heavy atom. The lowest BCUT2D eigenvalue weighted by Gasteiger charge is -2.26. The second-order valence-corrected chi connectivity index (χ2v) is 18.4. The minimum absolute atomic E-state index is 0.251. The number of aromatic nitrogens is 2. The molecule has 3 heteroatoms. The topological polar surface area (TPSA) is 17.8 Å². The summed E-state index contributed by atoms with van der Waals surface area (Å²) in [7, 11) is 0. The lowest BCUT2D eigenvalue weighted by atomic mass is 9.78. The van der Waals surface area contributed by atoms with Gasteiger partial charge in [-0.3, -0.25) is 4.98 Å². The first-order chi connectivity index (χ1) is 30.7. The molecule has 294 valence electrons. The van der Waals surface area contributed by atoms with Crippen LogP contribution in [0.3, 0.4) is 0 Å². The van der Waals surface area contributed by atoms with E-state index in [0.717, 1.165) is 24.8 Å². The van der Waals surface area contributed by atoms with Crippen LogP contribution in [0.15, 0.2) is 192 Å². The quantitative estimate of drug-likeness (QED) is 0.177. The van der Waals surface area contributed by atoms with Gasteiger partial charge in [0.15, 0.2) is 0 Å². The molecule has 2 atom stereocenters. The molecule has 8 aromatic carbocycles. The zero-order valence-corrected chi connectivity index (χ0v) is 35.3. The van der Waals surface area contributed by atoms with Crippen molar-refractivity contribution in [2.45, 2.75) is 47.8 Å². The lowest BCUT2D eigenvalue weighted by Crippen LogP contribution is -2.09. The zero-order valence-electron chi connectivity index (χ0n) is 34.5. The lowest BCUT2D eigenvalue weighted by molar-refractivity contribution is 0.718. The van der Waals surface area contributed by atoms with E-state index in [0.29, 0.717) is 5.92 Å². The number of aryl methyl sites for hydroxylation is 1. The summed E-state index contributed by atoms with van der Waals surface area (Å²) in [5, 5.41) is 6.50. The Hall–Kier alpha value is -6.94. The van der Waals surface area contributed by atoms with Crippen molar-refractivity contribution in [2.75, 3.05) is 0 Å². The molecular weight excluding hydrogens is 769 g/mol. The van der Waals surface area contributed by atoms with Crippen LogP contribution in [0.4, 0.5) is 0 Å². The number of nitrogens with zero attached hydrogens (tertiary/aromatic N) is 2. The second kappa shape index (κ2) is 14.1. The minimum Gasteiger partial charge on any atom is -0.309 e. The van der Waals surface area contributed by atoms with Crippen molar-refractivity contribution in [3.8, 4) is 39.1 Å². The maximum atomic E-state index is 4.97. The molecule has 0 radical (unpaired) electrons. The smallest absolute Gasteiger partial charge is 0.0742 e. The highest BCUT2D eigenvalue weighted by atomic mass is 32.2. The van der Waals surface area contributed by atoms with Gasteiger partial charge in [-0.05, 0) is 146 Å². The summed E-state index contributed by atoms with van der Waals surface area (Å²) < 4.78 is 2.48. The molecule has 0 spiro atoms. The second-order valence-electron chi connectivity index (χ2n) is 17.3. The van der Waals surface area contributed by atoms with Crippen LogP contribution < -0.4 is 0 Å². The predicted octanol–water partition coefficient (Wildman–Crippen LogP) is 16.1. The summed E-state index contributed by atoms with van der Waals surface area (Å²) >= 11 is 1.90. The minimum atomic E-state index is 0.251. The van der Waals surface area contributed by atoms with E-state index >= 15 is 0 Å². The third-order valence-electron chi connectivity index (χ3n) is 13.9. The fourth-order valence-electron chi connectivity index (χ4n) is 11.1. The first kappa shape index (κ1) is 35.8. The number of para-hydroxylation sites is 1. The largest absolute Gasteiger partial charge is 0.309 e. The standard InChI is InChI=1S/C59H42N2S/c1-36-14-4-2-7-21-47-50(34-40-15-13-31-60-59(40)56(36)47)44-29-27-37-25-26-38(32-49(37)43-19-9-8-18-42(43)44)39-28-30-52-51(33-39)57-48-23-12-22-46-45-20-10-11-24-54(45)62-55(58(46)48)35-53(57)61(52)41-16-5-3-6-17-41/h2-13,15-26,28,30-36,44H,14,27,29H2,1H3/b4-2+,21-7-. The van der Waals surface area contributed by atoms with E-state index in [4.69, 9.17) is 4.98 Å². The third kappa shape index (κ3) is 5.41. The number of rotatable bonds is 3. The Labute approximate surface area is 365 Å². The van der Waals surface area contributed by atoms with Crippen LogP contribution in [0.2, 0.25) is 0 Å². The van der Waals surface area contributed by atoms with Gasteiger partial charge in [0.1, 0.15) is 0 Å². The monoisotopic (exact) mass is 810 g/mol. The molecule has 13 rings (SSSR count). The molecule has 0 bridgehead atoms. The molecule has 10 aromatic rings. The zero-order chi connectivity index (χ0) is 40.9. The molecule has 0 saturated heterocycles. The summed E-state index contributed by atoms with van der Waals surface area (Å²) in [4.78, 5) is 7.60. The molecule has 0 fully saturated rings. The van der Waals surface area contributed by atoms with Gasteiger partial charge in [-0.15, -0.1) is 0 Å². The number of allylic oxidation sites excluding steroid dienone is 3. The van der Waals surface area contributed by atoms with E-state index in [9.17, 15) is 0 Å². The maximum absolute atomic E-state index is 4.97. The van der Waals surface area contributed by atoms with E-state index < -0.39 is 0 Å². The number of benzene rings is 8. The molecule has 3 aliphatic rings. The van der Waals surface area contributed by atoms with Crippen LogP contribution in [-0.2, 0) is 6.42 Å². The Kier molecular flexibility index (Phi) is 8.11. The summed E-state index contributed by atoms with van der Waals surface area (Å²) in [6.45, 7) is 2.36. The molecular formula is C59H42N2S. The van der Waals surface area contributed by atoms with Crippen molar-refractivity contribution >= 4 is 61.3 Å². The van der Waals surface area contributed by atoms with Gasteiger partial charge in [0.05, 0.1) is 16.6 Å². The summed E-state index contributed by atoms with van der Waals surface area (Å²) in [5.74, 6) is 0.624. The Balaban J connectivity index is 0.996. The Morgan fingerprint density at radius 1 is 0.597 bits per heavy atom. The third-order valence-corrected chi connectivity index (χ3v) is 15.0. The van der Waals surface area contributed by atoms with Crippen molar-refractivity contribution in [3.63, 3.8) is 0 Å². The fraction of sp³-hybridized carbons (Fsp3) is 0.102. The van der Waals surface area contributed by atoms with Crippen LogP contribution in [0.25, 0.3) is 88.6 Å². The van der Waals surface area contributed by atoms with Crippen molar-refractivity contribution in [3.05, 3.63) is 210 Å². The van der Waals surface area contributed by atoms with E-state index in [1.165, 1.54) is 115 Å². The Morgan fingerprint density at radius 2 is 1.42 bits per heavy atom. The van der Waals surface area contributed by atoms with Crippen molar-refractivity contribution in [1.82, 2.24) is 9.55 Å². The molecule has 62 heavy (non-hydrogen) atoms. The van der Waals surface area contributed by atoms with Gasteiger partial charge in [0.25, 0.3) is 0 Å². The molecule has 2 aliphatic carbocycles. The van der Waals surface area contributed by atoms with Gasteiger partial charge in [0, 0.05) is 49.1 Å². The van der Waals surface area contributed by atoms with Gasteiger partial charge in [-0.25, -0.2) is 0 Å². The maximum Gasteiger partial charge on any atom is 0.0742 e. The van der Waals surface area contributed by atoms with Gasteiger partial charge >= 0.3 is 0 Å². The highest BCUT2D eigenvalue weighted by molar-refractivity contribution is 7.99. The molecule has 2 nitrogen and oxygen atoms in total. The van der Waals surface area contributed by atoms with Crippen LogP contribution in [0.1, 0.15) is 59.4 Å². The number of hydrogen-bond donors (Lipinski definition) is 0. The molecule has 1 aliphatic heterocycles. The van der Waals surface area contributed by atoms with Crippen molar-refractivity contribution in [2.24, 2.45) is 0 Å². The number of hydrogen-bond acceptors (Lipinski definition) is 2. The molecule has 0 N–H and O–H groups in total. The fourth-order valence-corrected chi connectivity index (χ4v) is 12.3. The van der Waals surface area contributed by atoms with Crippen LogP contribution in [0, 0.1) is 0 Å². The van der Waals surface area contributed by atoms with Gasteiger partial charge in [-0.2, -0.15) is 0 Å². The molecule has 2 aromatic heterocycles. The Bertz CT molecular complexity index is 3550. The van der Waals surface area contributed by atoms with E-state index in [1.54, 1.807) is 0 Å². The SMILES string of the molecule is CC1C/C=C/C=C\c2c(C3CCc4ccc(-c5ccc6c(c5)c5c7cccc8c7c(cc5n6-c5ccccc5)Sc5ccccc5-8)cc4-c4ccccc43)cc3cccnc3c21. The van der Waals surface area contributed by atoms with Crippen molar-refractivity contribution < 1.29 is 0 Å². The first-order valence-electron chi connectivity index (χ1n) is 22.0. The van der Waals surface area contributed by atoms with Crippen LogP contribution >= 0.6 is 11.8 Å². The summed E-state index contributed by atoms with van der Waals surface area (Å²) in [6, 6.07) is 59.5. The van der Waals surface area contributed by atoms with E-state index in [1.807, 2.05) is 18.0 Å². The van der Waals surface area contributed by atoms with E-state index in [2.05, 4.69) is 194 Å². The summed E-state index contributed by atoms with van der Waals surface area (Å²) in [5.41, 5.74) is 19.6. The van der Waals surface area contributed by atoms with Gasteiger partial charge < -0.3 is 4.57 Å². The normalized spacial score (nSPS) is 17.4. The average molecular weight is 811 g/mol. The number of fused-ring (bicyclic) bond motifs is 12. The molecule has 0 amide bonds. The van der Waals surface area contributed by atoms with E-state index in [-0.39, 0.29) is 5.92 Å². The first-order valence-corrected chi connectivity index (χ1v) is 22.8.